The molecule has 0 aliphatic heterocycles. The molecule has 1 heterocycles. The average molecular weight is 422 g/mol. The molecule has 16 heteroatoms. The van der Waals surface area contributed by atoms with E-state index in [1.807, 2.05) is 5.32 Å². The van der Waals surface area contributed by atoms with Crippen molar-refractivity contribution in [3.63, 3.8) is 0 Å². The van der Waals surface area contributed by atoms with E-state index < -0.39 is 48.2 Å². The predicted molar refractivity (Wildman–Crippen MR) is 92.3 cm³/mol. The van der Waals surface area contributed by atoms with Crippen LogP contribution in [-0.4, -0.2) is 65.8 Å². The van der Waals surface area contributed by atoms with Crippen LogP contribution < -0.4 is 22.5 Å². The lowest BCUT2D eigenvalue weighted by atomic mass is 9.96. The number of nitrogen functional groups attached to an aromatic ring is 2. The van der Waals surface area contributed by atoms with Gasteiger partial charge < -0.3 is 37.6 Å². The van der Waals surface area contributed by atoms with Crippen molar-refractivity contribution in [3.05, 3.63) is 10.8 Å². The maximum atomic E-state index is 11.3. The highest BCUT2D eigenvalue weighted by Crippen LogP contribution is 2.17. The maximum absolute atomic E-state index is 11.3. The molecular formula is C12H16ClN7O8. The van der Waals surface area contributed by atoms with E-state index in [1.54, 1.807) is 0 Å². The van der Waals surface area contributed by atoms with Gasteiger partial charge in [-0.3, -0.25) is 25.1 Å². The Balaban J connectivity index is 0.000000528. The Bertz CT molecular complexity index is 799. The van der Waals surface area contributed by atoms with Gasteiger partial charge in [-0.05, 0) is 0 Å². The lowest BCUT2D eigenvalue weighted by Crippen LogP contribution is -2.42. The smallest absolute Gasteiger partial charge is 0.336 e. The number of rotatable bonds is 6. The number of aliphatic carboxylic acids is 3. The van der Waals surface area contributed by atoms with E-state index in [0.717, 1.165) is 0 Å². The van der Waals surface area contributed by atoms with Crippen LogP contribution in [0.4, 0.5) is 11.6 Å². The summed E-state index contributed by atoms with van der Waals surface area (Å²) in [5, 5.41) is 42.5. The van der Waals surface area contributed by atoms with Gasteiger partial charge in [0.05, 0.1) is 12.8 Å². The Kier molecular flexibility index (Phi) is 8.53. The van der Waals surface area contributed by atoms with Crippen molar-refractivity contribution in [1.82, 2.24) is 15.3 Å². The normalized spacial score (nSPS) is 10.2. The van der Waals surface area contributed by atoms with E-state index in [9.17, 15) is 19.2 Å². The number of nitrogens with two attached hydrogens (primary N) is 3. The number of anilines is 2. The number of carboxylic acid groups (broad SMARTS) is 3. The number of amides is 1. The van der Waals surface area contributed by atoms with Crippen molar-refractivity contribution >= 4 is 53.0 Å². The first-order chi connectivity index (χ1) is 12.7. The average Bonchev–Trinajstić information content (AvgIpc) is 2.48. The minimum Gasteiger partial charge on any atom is -0.481 e. The lowest BCUT2D eigenvalue weighted by Gasteiger charge is -2.18. The SMILES string of the molecule is N=C(N)NC(=O)c1nc(Cl)c(N)nc1N.O=C(O)CC(O)(CC(=O)O)C(=O)O. The second-order valence-corrected chi connectivity index (χ2v) is 5.34. The molecule has 1 rings (SSSR count). The van der Waals surface area contributed by atoms with Gasteiger partial charge in [-0.25, -0.2) is 14.8 Å². The summed E-state index contributed by atoms with van der Waals surface area (Å²) in [6.45, 7) is 0. The number of aromatic nitrogens is 2. The van der Waals surface area contributed by atoms with Crippen molar-refractivity contribution in [2.75, 3.05) is 11.5 Å². The number of halogens is 1. The molecule has 0 fully saturated rings. The third-order valence-corrected chi connectivity index (χ3v) is 2.93. The van der Waals surface area contributed by atoms with Gasteiger partial charge in [0.1, 0.15) is 0 Å². The van der Waals surface area contributed by atoms with E-state index in [-0.39, 0.29) is 22.5 Å². The quantitative estimate of drug-likeness (QED) is 0.172. The minimum atomic E-state index is -2.74. The number of carbonyl (C=O) groups excluding carboxylic acids is 1. The molecule has 15 nitrogen and oxygen atoms in total. The zero-order valence-corrected chi connectivity index (χ0v) is 14.6. The highest BCUT2D eigenvalue weighted by atomic mass is 35.5. The van der Waals surface area contributed by atoms with Crippen LogP contribution in [0.1, 0.15) is 23.3 Å². The number of hydrogen-bond acceptors (Lipinski definition) is 10. The van der Waals surface area contributed by atoms with E-state index in [4.69, 9.17) is 54.6 Å². The number of aliphatic hydroxyl groups is 1. The Labute approximate surface area is 160 Å². The maximum Gasteiger partial charge on any atom is 0.336 e. The third-order valence-electron chi connectivity index (χ3n) is 2.65. The molecule has 0 atom stereocenters. The van der Waals surface area contributed by atoms with Crippen LogP contribution >= 0.6 is 11.6 Å². The highest BCUT2D eigenvalue weighted by Gasteiger charge is 2.40. The van der Waals surface area contributed by atoms with Crippen molar-refractivity contribution in [1.29, 1.82) is 5.41 Å². The summed E-state index contributed by atoms with van der Waals surface area (Å²) in [5.41, 5.74) is 12.7. The summed E-state index contributed by atoms with van der Waals surface area (Å²) in [4.78, 5) is 49.0. The summed E-state index contributed by atoms with van der Waals surface area (Å²) in [6, 6.07) is 0. The molecule has 12 N–H and O–H groups in total. The van der Waals surface area contributed by atoms with Gasteiger partial charge in [0, 0.05) is 0 Å². The van der Waals surface area contributed by atoms with Crippen molar-refractivity contribution in [2.24, 2.45) is 5.73 Å². The second-order valence-electron chi connectivity index (χ2n) is 4.98. The van der Waals surface area contributed by atoms with Crippen LogP contribution in [-0.2, 0) is 14.4 Å². The first kappa shape index (κ1) is 24.3. The largest absolute Gasteiger partial charge is 0.481 e. The monoisotopic (exact) mass is 421 g/mol. The lowest BCUT2D eigenvalue weighted by molar-refractivity contribution is -0.170. The molecule has 0 aliphatic rings. The number of hydrogen-bond donors (Lipinski definition) is 9. The fourth-order valence-corrected chi connectivity index (χ4v) is 1.63. The van der Waals surface area contributed by atoms with Gasteiger partial charge >= 0.3 is 17.9 Å². The van der Waals surface area contributed by atoms with Crippen LogP contribution in [0.15, 0.2) is 0 Å². The Morgan fingerprint density at radius 2 is 1.50 bits per heavy atom. The Morgan fingerprint density at radius 3 is 1.86 bits per heavy atom. The van der Waals surface area contributed by atoms with Gasteiger partial charge in [-0.2, -0.15) is 0 Å². The molecule has 1 aromatic heterocycles. The van der Waals surface area contributed by atoms with Crippen molar-refractivity contribution in [2.45, 2.75) is 18.4 Å². The number of carbonyl (C=O) groups is 4. The molecule has 0 saturated carbocycles. The molecule has 0 radical (unpaired) electrons. The molecule has 0 bridgehead atoms. The molecule has 0 spiro atoms. The van der Waals surface area contributed by atoms with Gasteiger partial charge in [0.25, 0.3) is 5.91 Å². The molecule has 0 aromatic carbocycles. The highest BCUT2D eigenvalue weighted by molar-refractivity contribution is 6.31. The van der Waals surface area contributed by atoms with E-state index >= 15 is 0 Å². The van der Waals surface area contributed by atoms with Crippen molar-refractivity contribution in [3.8, 4) is 0 Å². The van der Waals surface area contributed by atoms with Crippen LogP contribution in [0, 0.1) is 5.41 Å². The summed E-state index contributed by atoms with van der Waals surface area (Å²) in [6.07, 6.45) is -2.29. The summed E-state index contributed by atoms with van der Waals surface area (Å²) in [5.74, 6) is -6.58. The number of nitrogens with zero attached hydrogens (tertiary/aromatic N) is 2. The number of guanidine groups is 1. The predicted octanol–water partition coefficient (Wildman–Crippen LogP) is -2.33. The Morgan fingerprint density at radius 1 is 1.04 bits per heavy atom. The van der Waals surface area contributed by atoms with E-state index in [1.165, 1.54) is 0 Å². The topological polar surface area (TPSA) is 289 Å². The van der Waals surface area contributed by atoms with Gasteiger partial charge in [0.15, 0.2) is 34.0 Å². The van der Waals surface area contributed by atoms with Crippen LogP contribution in [0.3, 0.4) is 0 Å². The second kappa shape index (κ2) is 9.83. The summed E-state index contributed by atoms with van der Waals surface area (Å²) < 4.78 is 0. The number of nitrogens with one attached hydrogen (secondary N) is 2. The molecular weight excluding hydrogens is 406 g/mol. The van der Waals surface area contributed by atoms with Gasteiger partial charge in [0.2, 0.25) is 0 Å². The van der Waals surface area contributed by atoms with E-state index in [2.05, 4.69) is 9.97 Å². The minimum absolute atomic E-state index is 0.0754. The molecule has 154 valence electrons. The Hall–Kier alpha value is -3.72. The third kappa shape index (κ3) is 7.67. The zero-order valence-electron chi connectivity index (χ0n) is 13.8. The van der Waals surface area contributed by atoms with Gasteiger partial charge in [-0.15, -0.1) is 0 Å². The summed E-state index contributed by atoms with van der Waals surface area (Å²) in [7, 11) is 0. The fraction of sp³-hybridized carbons (Fsp3) is 0.250. The first-order valence-corrected chi connectivity index (χ1v) is 7.20. The van der Waals surface area contributed by atoms with Crippen LogP contribution in [0.5, 0.6) is 0 Å². The van der Waals surface area contributed by atoms with E-state index in [0.29, 0.717) is 0 Å². The first-order valence-electron chi connectivity index (χ1n) is 6.82. The molecule has 28 heavy (non-hydrogen) atoms. The molecule has 1 aromatic rings. The van der Waals surface area contributed by atoms with Crippen molar-refractivity contribution < 1.29 is 39.6 Å². The fourth-order valence-electron chi connectivity index (χ4n) is 1.50. The molecule has 0 aliphatic carbocycles. The van der Waals surface area contributed by atoms with Crippen LogP contribution in [0.2, 0.25) is 5.15 Å². The standard InChI is InChI=1S/C6H8ClN7O.C6H8O7/c7-2-4(9)13-3(8)1(12-2)5(15)14-6(10)11;7-3(8)1-6(13,5(11)12)2-4(9)10/h(H4,8,9,13)(H4,10,11,14,15);13H,1-2H2,(H,7,8)(H,9,10)(H,11,12). The molecule has 1 amide bonds. The summed E-state index contributed by atoms with van der Waals surface area (Å²) >= 11 is 5.55. The van der Waals surface area contributed by atoms with Gasteiger partial charge in [-0.1, -0.05) is 11.6 Å². The molecule has 0 saturated heterocycles. The zero-order chi connectivity index (χ0) is 22.2. The number of carboxylic acids is 3. The molecule has 0 unspecified atom stereocenters. The van der Waals surface area contributed by atoms with Crippen LogP contribution in [0.25, 0.3) is 0 Å².